The van der Waals surface area contributed by atoms with Gasteiger partial charge in [-0.3, -0.25) is 4.79 Å². The van der Waals surface area contributed by atoms with Crippen LogP contribution in [0.3, 0.4) is 0 Å². The highest BCUT2D eigenvalue weighted by Gasteiger charge is 2.27. The topological polar surface area (TPSA) is 66.0 Å². The standard InChI is InChI=1S/C14H15FN2O2/c1-14(2,7-12(18)19)13-16-8-11(17-13)9-5-3-4-6-10(9)15/h3-6,8H,7H2,1-2H3,(H,16,17)(H,18,19). The fourth-order valence-corrected chi connectivity index (χ4v) is 1.94. The first-order valence-corrected chi connectivity index (χ1v) is 5.92. The van der Waals surface area contributed by atoms with Gasteiger partial charge in [0.05, 0.1) is 18.3 Å². The summed E-state index contributed by atoms with van der Waals surface area (Å²) in [4.78, 5) is 18.0. The van der Waals surface area contributed by atoms with Crippen molar-refractivity contribution in [1.82, 2.24) is 9.97 Å². The molecule has 1 aromatic carbocycles. The number of H-pyrrole nitrogens is 1. The second kappa shape index (κ2) is 4.84. The number of carbonyl (C=O) groups is 1. The van der Waals surface area contributed by atoms with Gasteiger partial charge < -0.3 is 10.1 Å². The van der Waals surface area contributed by atoms with E-state index < -0.39 is 11.4 Å². The molecule has 0 aliphatic rings. The summed E-state index contributed by atoms with van der Waals surface area (Å²) in [6.07, 6.45) is 1.48. The summed E-state index contributed by atoms with van der Waals surface area (Å²) in [5.74, 6) is -0.698. The molecule has 2 N–H and O–H groups in total. The zero-order chi connectivity index (χ0) is 14.0. The van der Waals surface area contributed by atoms with Gasteiger partial charge in [0.25, 0.3) is 0 Å². The van der Waals surface area contributed by atoms with Gasteiger partial charge in [-0.1, -0.05) is 26.0 Å². The fraction of sp³-hybridized carbons (Fsp3) is 0.286. The molecule has 1 aromatic heterocycles. The molecule has 0 unspecified atom stereocenters. The maximum atomic E-state index is 13.6. The lowest BCUT2D eigenvalue weighted by Crippen LogP contribution is -2.23. The van der Waals surface area contributed by atoms with Gasteiger partial charge in [-0.25, -0.2) is 9.37 Å². The number of benzene rings is 1. The number of aliphatic carboxylic acids is 1. The highest BCUT2D eigenvalue weighted by molar-refractivity contribution is 5.68. The van der Waals surface area contributed by atoms with E-state index in [1.165, 1.54) is 12.3 Å². The Labute approximate surface area is 110 Å². The molecule has 0 spiro atoms. The van der Waals surface area contributed by atoms with Gasteiger partial charge >= 0.3 is 5.97 Å². The molecule has 1 heterocycles. The van der Waals surface area contributed by atoms with Crippen molar-refractivity contribution in [3.63, 3.8) is 0 Å². The van der Waals surface area contributed by atoms with Gasteiger partial charge in [0, 0.05) is 11.0 Å². The van der Waals surface area contributed by atoms with Crippen LogP contribution in [0, 0.1) is 5.82 Å². The molecule has 100 valence electrons. The van der Waals surface area contributed by atoms with Crippen LogP contribution in [0.15, 0.2) is 30.5 Å². The third-order valence-electron chi connectivity index (χ3n) is 2.97. The average molecular weight is 262 g/mol. The monoisotopic (exact) mass is 262 g/mol. The van der Waals surface area contributed by atoms with Crippen molar-refractivity contribution < 1.29 is 14.3 Å². The van der Waals surface area contributed by atoms with Crippen molar-refractivity contribution in [2.45, 2.75) is 25.7 Å². The van der Waals surface area contributed by atoms with Crippen LogP contribution in [0.5, 0.6) is 0 Å². The van der Waals surface area contributed by atoms with E-state index in [0.29, 0.717) is 17.1 Å². The van der Waals surface area contributed by atoms with Gasteiger partial charge in [0.15, 0.2) is 0 Å². The molecular weight excluding hydrogens is 247 g/mol. The minimum atomic E-state index is -0.895. The van der Waals surface area contributed by atoms with Gasteiger partial charge in [0.1, 0.15) is 11.6 Å². The third-order valence-corrected chi connectivity index (χ3v) is 2.97. The molecule has 0 fully saturated rings. The van der Waals surface area contributed by atoms with E-state index in [1.54, 1.807) is 32.0 Å². The number of carboxylic acids is 1. The van der Waals surface area contributed by atoms with E-state index >= 15 is 0 Å². The molecule has 4 nitrogen and oxygen atoms in total. The number of hydrogen-bond acceptors (Lipinski definition) is 2. The fourth-order valence-electron chi connectivity index (χ4n) is 1.94. The molecular formula is C14H15FN2O2. The molecule has 5 heteroatoms. The summed E-state index contributed by atoms with van der Waals surface area (Å²) >= 11 is 0. The van der Waals surface area contributed by atoms with E-state index in [1.807, 2.05) is 0 Å². The van der Waals surface area contributed by atoms with Crippen LogP contribution in [0.25, 0.3) is 11.3 Å². The number of carboxylic acid groups (broad SMARTS) is 1. The molecule has 2 aromatic rings. The first kappa shape index (κ1) is 13.3. The van der Waals surface area contributed by atoms with Gasteiger partial charge in [0.2, 0.25) is 0 Å². The van der Waals surface area contributed by atoms with E-state index in [2.05, 4.69) is 9.97 Å². The number of aromatic nitrogens is 2. The summed E-state index contributed by atoms with van der Waals surface area (Å²) in [6.45, 7) is 3.57. The summed E-state index contributed by atoms with van der Waals surface area (Å²) in [5, 5.41) is 8.88. The van der Waals surface area contributed by atoms with E-state index in [4.69, 9.17) is 5.11 Å². The number of nitrogens with one attached hydrogen (secondary N) is 1. The minimum absolute atomic E-state index is 0.0444. The molecule has 0 aliphatic carbocycles. The van der Waals surface area contributed by atoms with Crippen molar-refractivity contribution in [1.29, 1.82) is 0 Å². The number of nitrogens with zero attached hydrogens (tertiary/aromatic N) is 1. The van der Waals surface area contributed by atoms with Crippen LogP contribution in [-0.2, 0) is 10.2 Å². The molecule has 19 heavy (non-hydrogen) atoms. The summed E-state index contributed by atoms with van der Waals surface area (Å²) in [5.41, 5.74) is 0.342. The van der Waals surface area contributed by atoms with Crippen molar-refractivity contribution >= 4 is 5.97 Å². The maximum absolute atomic E-state index is 13.6. The number of hydrogen-bond donors (Lipinski definition) is 2. The van der Waals surface area contributed by atoms with Crippen LogP contribution in [0.2, 0.25) is 0 Å². The first-order valence-electron chi connectivity index (χ1n) is 5.92. The Balaban J connectivity index is 2.34. The van der Waals surface area contributed by atoms with Crippen LogP contribution in [-0.4, -0.2) is 21.0 Å². The Hall–Kier alpha value is -2.17. The van der Waals surface area contributed by atoms with Crippen molar-refractivity contribution in [3.05, 3.63) is 42.1 Å². The normalized spacial score (nSPS) is 11.5. The number of aromatic amines is 1. The molecule has 2 rings (SSSR count). The first-order chi connectivity index (χ1) is 8.90. The van der Waals surface area contributed by atoms with Crippen LogP contribution in [0.4, 0.5) is 4.39 Å². The van der Waals surface area contributed by atoms with Crippen LogP contribution in [0.1, 0.15) is 26.1 Å². The lowest BCUT2D eigenvalue weighted by molar-refractivity contribution is -0.138. The smallest absolute Gasteiger partial charge is 0.304 e. The molecule has 0 amide bonds. The van der Waals surface area contributed by atoms with Crippen molar-refractivity contribution in [2.75, 3.05) is 0 Å². The number of rotatable bonds is 4. The summed E-state index contributed by atoms with van der Waals surface area (Å²) in [6, 6.07) is 6.38. The van der Waals surface area contributed by atoms with Gasteiger partial charge in [-0.05, 0) is 12.1 Å². The van der Waals surface area contributed by atoms with E-state index in [9.17, 15) is 9.18 Å². The second-order valence-corrected chi connectivity index (χ2v) is 5.08. The van der Waals surface area contributed by atoms with E-state index in [-0.39, 0.29) is 12.2 Å². The Morgan fingerprint density at radius 1 is 1.42 bits per heavy atom. The van der Waals surface area contributed by atoms with Crippen molar-refractivity contribution in [2.24, 2.45) is 0 Å². The Morgan fingerprint density at radius 2 is 2.11 bits per heavy atom. The molecule has 0 saturated heterocycles. The van der Waals surface area contributed by atoms with Gasteiger partial charge in [-0.15, -0.1) is 0 Å². The number of imidazole rings is 1. The zero-order valence-electron chi connectivity index (χ0n) is 10.8. The SMILES string of the molecule is CC(C)(CC(=O)O)c1ncc(-c2ccccc2F)[nH]1. The highest BCUT2D eigenvalue weighted by atomic mass is 19.1. The molecule has 0 saturated carbocycles. The maximum Gasteiger partial charge on any atom is 0.304 e. The predicted octanol–water partition coefficient (Wildman–Crippen LogP) is 2.97. The van der Waals surface area contributed by atoms with Crippen LogP contribution >= 0.6 is 0 Å². The molecule has 0 aliphatic heterocycles. The quantitative estimate of drug-likeness (QED) is 0.890. The Kier molecular flexibility index (Phi) is 3.38. The molecule has 0 radical (unpaired) electrons. The Morgan fingerprint density at radius 3 is 2.74 bits per heavy atom. The third kappa shape index (κ3) is 2.81. The molecule has 0 atom stereocenters. The predicted molar refractivity (Wildman–Crippen MR) is 69.3 cm³/mol. The average Bonchev–Trinajstić information content (AvgIpc) is 2.77. The summed E-state index contributed by atoms with van der Waals surface area (Å²) < 4.78 is 13.6. The number of halogens is 1. The minimum Gasteiger partial charge on any atom is -0.481 e. The molecule has 0 bridgehead atoms. The lowest BCUT2D eigenvalue weighted by atomic mass is 9.88. The van der Waals surface area contributed by atoms with Crippen LogP contribution < -0.4 is 0 Å². The largest absolute Gasteiger partial charge is 0.481 e. The zero-order valence-corrected chi connectivity index (χ0v) is 10.8. The lowest BCUT2D eigenvalue weighted by Gasteiger charge is -2.19. The highest BCUT2D eigenvalue weighted by Crippen LogP contribution is 2.27. The second-order valence-electron chi connectivity index (χ2n) is 5.08. The summed E-state index contributed by atoms with van der Waals surface area (Å²) in [7, 11) is 0. The van der Waals surface area contributed by atoms with Crippen molar-refractivity contribution in [3.8, 4) is 11.3 Å². The Bertz CT molecular complexity index is 605. The van der Waals surface area contributed by atoms with E-state index in [0.717, 1.165) is 0 Å². The van der Waals surface area contributed by atoms with Gasteiger partial charge in [-0.2, -0.15) is 0 Å².